The summed E-state index contributed by atoms with van der Waals surface area (Å²) in [6.45, 7) is 5.57. The molecule has 3 heteroatoms. The lowest BCUT2D eigenvalue weighted by Crippen LogP contribution is -2.34. The fourth-order valence-corrected chi connectivity index (χ4v) is 4.60. The molecule has 0 bridgehead atoms. The van der Waals surface area contributed by atoms with Crippen molar-refractivity contribution < 1.29 is 13.9 Å². The van der Waals surface area contributed by atoms with E-state index in [4.69, 9.17) is 9.47 Å². The van der Waals surface area contributed by atoms with E-state index in [-0.39, 0.29) is 5.82 Å². The summed E-state index contributed by atoms with van der Waals surface area (Å²) >= 11 is 0. The minimum atomic E-state index is -0.540. The van der Waals surface area contributed by atoms with E-state index < -0.39 is 6.29 Å². The van der Waals surface area contributed by atoms with Gasteiger partial charge in [0.25, 0.3) is 0 Å². The highest BCUT2D eigenvalue weighted by molar-refractivity contribution is 5.24. The van der Waals surface area contributed by atoms with Crippen LogP contribution >= 0.6 is 0 Å². The number of halogens is 1. The van der Waals surface area contributed by atoms with Crippen molar-refractivity contribution >= 4 is 0 Å². The summed E-state index contributed by atoms with van der Waals surface area (Å²) in [5, 5.41) is 0. The van der Waals surface area contributed by atoms with Crippen LogP contribution in [0.1, 0.15) is 82.1 Å². The largest absolute Gasteiger partial charge is 0.348 e. The highest BCUT2D eigenvalue weighted by Crippen LogP contribution is 2.39. The zero-order valence-electron chi connectivity index (χ0n) is 16.5. The Morgan fingerprint density at radius 2 is 1.69 bits per heavy atom. The topological polar surface area (TPSA) is 18.5 Å². The van der Waals surface area contributed by atoms with Gasteiger partial charge >= 0.3 is 0 Å². The first-order valence-corrected chi connectivity index (χ1v) is 10.7. The molecule has 1 heterocycles. The Balaban J connectivity index is 1.40. The number of unbranched alkanes of at least 4 members (excludes halogenated alkanes) is 3. The van der Waals surface area contributed by atoms with Crippen molar-refractivity contribution in [2.24, 2.45) is 17.8 Å². The van der Waals surface area contributed by atoms with Crippen molar-refractivity contribution in [1.82, 2.24) is 0 Å². The van der Waals surface area contributed by atoms with Gasteiger partial charge in [-0.1, -0.05) is 64.0 Å². The van der Waals surface area contributed by atoms with Gasteiger partial charge in [0, 0.05) is 11.5 Å². The normalized spacial score (nSPS) is 29.7. The zero-order valence-corrected chi connectivity index (χ0v) is 16.5. The average Bonchev–Trinajstić information content (AvgIpc) is 2.66. The first kappa shape index (κ1) is 19.8. The number of hydrogen-bond acceptors (Lipinski definition) is 2. The zero-order chi connectivity index (χ0) is 18.4. The summed E-state index contributed by atoms with van der Waals surface area (Å²) in [7, 11) is 0. The molecule has 0 radical (unpaired) electrons. The van der Waals surface area contributed by atoms with E-state index in [1.165, 1.54) is 57.8 Å². The van der Waals surface area contributed by atoms with E-state index in [1.807, 2.05) is 13.0 Å². The van der Waals surface area contributed by atoms with Gasteiger partial charge in [0.15, 0.2) is 6.29 Å². The highest BCUT2D eigenvalue weighted by atomic mass is 19.1. The molecule has 2 nitrogen and oxygen atoms in total. The van der Waals surface area contributed by atoms with Crippen LogP contribution in [0.3, 0.4) is 0 Å². The molecule has 1 aliphatic heterocycles. The fourth-order valence-electron chi connectivity index (χ4n) is 4.60. The molecule has 0 aromatic heterocycles. The third kappa shape index (κ3) is 5.29. The Morgan fingerprint density at radius 1 is 0.962 bits per heavy atom. The van der Waals surface area contributed by atoms with Crippen LogP contribution in [0.5, 0.6) is 0 Å². The lowest BCUT2D eigenvalue weighted by atomic mass is 9.74. The minimum absolute atomic E-state index is 0.225. The van der Waals surface area contributed by atoms with Crippen LogP contribution in [0, 0.1) is 30.5 Å². The number of hydrogen-bond donors (Lipinski definition) is 0. The number of aryl methyl sites for hydroxylation is 1. The summed E-state index contributed by atoms with van der Waals surface area (Å²) in [4.78, 5) is 0. The van der Waals surface area contributed by atoms with Crippen molar-refractivity contribution in [3.05, 3.63) is 35.1 Å². The van der Waals surface area contributed by atoms with Crippen LogP contribution in [0.15, 0.2) is 18.2 Å². The molecule has 0 N–H and O–H groups in total. The van der Waals surface area contributed by atoms with E-state index in [1.54, 1.807) is 12.1 Å². The van der Waals surface area contributed by atoms with Crippen LogP contribution < -0.4 is 0 Å². The summed E-state index contributed by atoms with van der Waals surface area (Å²) in [6, 6.07) is 5.26. The maximum atomic E-state index is 14.1. The molecule has 0 atom stereocenters. The number of rotatable bonds is 7. The molecule has 3 rings (SSSR count). The van der Waals surface area contributed by atoms with Gasteiger partial charge in [0.05, 0.1) is 13.2 Å². The van der Waals surface area contributed by atoms with Crippen LogP contribution in [-0.4, -0.2) is 13.2 Å². The smallest absolute Gasteiger partial charge is 0.186 e. The average molecular weight is 363 g/mol. The number of ether oxygens (including phenoxy) is 2. The molecule has 0 amide bonds. The Kier molecular flexibility index (Phi) is 7.51. The number of benzene rings is 1. The van der Waals surface area contributed by atoms with Gasteiger partial charge in [-0.15, -0.1) is 0 Å². The van der Waals surface area contributed by atoms with Gasteiger partial charge in [-0.25, -0.2) is 4.39 Å². The molecular weight excluding hydrogens is 327 g/mol. The van der Waals surface area contributed by atoms with Crippen LogP contribution in [0.2, 0.25) is 0 Å². The van der Waals surface area contributed by atoms with E-state index in [9.17, 15) is 4.39 Å². The van der Waals surface area contributed by atoms with Crippen molar-refractivity contribution in [2.75, 3.05) is 13.2 Å². The first-order valence-electron chi connectivity index (χ1n) is 10.7. The van der Waals surface area contributed by atoms with Crippen molar-refractivity contribution in [1.29, 1.82) is 0 Å². The molecule has 0 unspecified atom stereocenters. The van der Waals surface area contributed by atoms with Gasteiger partial charge in [0.1, 0.15) is 5.82 Å². The van der Waals surface area contributed by atoms with E-state index in [2.05, 4.69) is 6.92 Å². The van der Waals surface area contributed by atoms with Gasteiger partial charge < -0.3 is 9.47 Å². The van der Waals surface area contributed by atoms with Gasteiger partial charge in [-0.05, 0) is 43.2 Å². The maximum absolute atomic E-state index is 14.1. The van der Waals surface area contributed by atoms with E-state index >= 15 is 0 Å². The van der Waals surface area contributed by atoms with Gasteiger partial charge in [-0.2, -0.15) is 0 Å². The molecule has 1 aromatic carbocycles. The Morgan fingerprint density at radius 3 is 2.35 bits per heavy atom. The van der Waals surface area contributed by atoms with Gasteiger partial charge in [0.2, 0.25) is 0 Å². The summed E-state index contributed by atoms with van der Waals surface area (Å²) in [5.41, 5.74) is 1.45. The Hall–Kier alpha value is -0.930. The van der Waals surface area contributed by atoms with E-state index in [0.29, 0.717) is 30.6 Å². The molecule has 26 heavy (non-hydrogen) atoms. The highest BCUT2D eigenvalue weighted by Gasteiger charge is 2.33. The second-order valence-electron chi connectivity index (χ2n) is 8.41. The maximum Gasteiger partial charge on any atom is 0.186 e. The second kappa shape index (κ2) is 9.85. The van der Waals surface area contributed by atoms with E-state index in [0.717, 1.165) is 11.5 Å². The third-order valence-electron chi connectivity index (χ3n) is 6.36. The molecule has 1 aromatic rings. The monoisotopic (exact) mass is 362 g/mol. The molecular formula is C23H35FO2. The third-order valence-corrected chi connectivity index (χ3v) is 6.36. The predicted octanol–water partition coefficient (Wildman–Crippen LogP) is 6.57. The standard InChI is InChI=1S/C23H35FO2/c1-3-4-5-6-7-18-9-11-19(12-10-18)20-15-25-23(26-16-20)21-13-8-17(2)14-22(21)24/h8,13-14,18-20,23H,3-7,9-12,15-16H2,1-2H3. The van der Waals surface area contributed by atoms with Crippen molar-refractivity contribution in [3.63, 3.8) is 0 Å². The Labute approximate surface area is 158 Å². The first-order chi connectivity index (χ1) is 12.7. The molecule has 1 aliphatic carbocycles. The van der Waals surface area contributed by atoms with Crippen molar-refractivity contribution in [3.8, 4) is 0 Å². The fraction of sp³-hybridized carbons (Fsp3) is 0.739. The van der Waals surface area contributed by atoms with Gasteiger partial charge in [-0.3, -0.25) is 0 Å². The summed E-state index contributed by atoms with van der Waals surface area (Å²) in [6.07, 6.45) is 11.7. The van der Waals surface area contributed by atoms with Crippen LogP contribution in [0.4, 0.5) is 4.39 Å². The lowest BCUT2D eigenvalue weighted by Gasteiger charge is -2.38. The minimum Gasteiger partial charge on any atom is -0.348 e. The molecule has 1 saturated carbocycles. The molecule has 2 aliphatic rings. The van der Waals surface area contributed by atoms with Crippen molar-refractivity contribution in [2.45, 2.75) is 77.9 Å². The molecule has 2 fully saturated rings. The van der Waals surface area contributed by atoms with Crippen LogP contribution in [0.25, 0.3) is 0 Å². The SMILES string of the molecule is CCCCCCC1CCC(C2COC(c3ccc(C)cc3F)OC2)CC1. The summed E-state index contributed by atoms with van der Waals surface area (Å²) in [5.74, 6) is 1.89. The molecule has 146 valence electrons. The second-order valence-corrected chi connectivity index (χ2v) is 8.41. The Bertz CT molecular complexity index is 543. The molecule has 0 spiro atoms. The predicted molar refractivity (Wildman–Crippen MR) is 103 cm³/mol. The summed E-state index contributed by atoms with van der Waals surface area (Å²) < 4.78 is 25.9. The molecule has 1 saturated heterocycles. The quantitative estimate of drug-likeness (QED) is 0.511. The van der Waals surface area contributed by atoms with Crippen LogP contribution in [-0.2, 0) is 9.47 Å². The lowest BCUT2D eigenvalue weighted by molar-refractivity contribution is -0.215.